The maximum Gasteiger partial charge on any atom is 0.352 e. The highest BCUT2D eigenvalue weighted by molar-refractivity contribution is 6.30. The Labute approximate surface area is 135 Å². The number of rotatable bonds is 3. The van der Waals surface area contributed by atoms with E-state index < -0.39 is 5.69 Å². The van der Waals surface area contributed by atoms with Crippen molar-refractivity contribution in [2.45, 2.75) is 0 Å². The van der Waals surface area contributed by atoms with Gasteiger partial charge in [0.05, 0.1) is 5.56 Å². The summed E-state index contributed by atoms with van der Waals surface area (Å²) in [5.74, 6) is 2.28. The minimum Gasteiger partial charge on any atom is -0.451 e. The fourth-order valence-corrected chi connectivity index (χ4v) is 2.19. The van der Waals surface area contributed by atoms with E-state index in [1.54, 1.807) is 24.3 Å². The molecule has 7 nitrogen and oxygen atoms in total. The van der Waals surface area contributed by atoms with Gasteiger partial charge in [0.25, 0.3) is 0 Å². The fourth-order valence-electron chi connectivity index (χ4n) is 2.06. The molecule has 112 valence electrons. The molecule has 8 heteroatoms. The average Bonchev–Trinajstić information content (AvgIpc) is 2.93. The number of nitrogens with zero attached hydrogens (tertiary/aromatic N) is 4. The van der Waals surface area contributed by atoms with Gasteiger partial charge in [0.1, 0.15) is 6.07 Å². The van der Waals surface area contributed by atoms with Crippen LogP contribution in [-0.2, 0) is 0 Å². The molecule has 0 atom stereocenters. The number of nitriles is 1. The molecule has 0 amide bonds. The van der Waals surface area contributed by atoms with Gasteiger partial charge in [-0.15, -0.1) is 6.42 Å². The molecule has 3 rings (SSSR count). The minimum atomic E-state index is -0.585. The van der Waals surface area contributed by atoms with Crippen LogP contribution in [0.4, 0.5) is 0 Å². The number of hydrogen-bond donors (Lipinski definition) is 1. The number of halogens is 1. The summed E-state index contributed by atoms with van der Waals surface area (Å²) >= 11 is 5.88. The molecule has 0 unspecified atom stereocenters. The van der Waals surface area contributed by atoms with Crippen LogP contribution in [0.25, 0.3) is 16.8 Å². The van der Waals surface area contributed by atoms with E-state index in [1.165, 1.54) is 0 Å². The molecule has 0 saturated heterocycles. The number of H-pyrrole nitrogens is 1. The summed E-state index contributed by atoms with van der Waals surface area (Å²) in [4.78, 5) is 18.7. The Morgan fingerprint density at radius 3 is 2.78 bits per heavy atom. The van der Waals surface area contributed by atoms with E-state index in [4.69, 9.17) is 22.8 Å². The van der Waals surface area contributed by atoms with Crippen LogP contribution in [-0.4, -0.2) is 26.2 Å². The molecule has 0 bridgehead atoms. The zero-order chi connectivity index (χ0) is 16.4. The molecule has 0 aliphatic heterocycles. The lowest BCUT2D eigenvalue weighted by Crippen LogP contribution is -2.20. The molecule has 1 aromatic carbocycles. The van der Waals surface area contributed by atoms with Crippen molar-refractivity contribution >= 4 is 17.2 Å². The quantitative estimate of drug-likeness (QED) is 0.738. The number of nitrogens with one attached hydrogen (secondary N) is 1. The van der Waals surface area contributed by atoms with Crippen molar-refractivity contribution < 1.29 is 4.74 Å². The first-order chi connectivity index (χ1) is 11.1. The van der Waals surface area contributed by atoms with E-state index in [1.807, 2.05) is 6.07 Å². The van der Waals surface area contributed by atoms with E-state index in [0.717, 1.165) is 4.52 Å². The predicted molar refractivity (Wildman–Crippen MR) is 83.1 cm³/mol. The molecule has 1 N–H and O–H groups in total. The highest BCUT2D eigenvalue weighted by atomic mass is 35.5. The molecule has 0 fully saturated rings. The highest BCUT2D eigenvalue weighted by Crippen LogP contribution is 2.28. The zero-order valence-corrected chi connectivity index (χ0v) is 12.3. The number of aromatic amines is 1. The normalized spacial score (nSPS) is 10.2. The van der Waals surface area contributed by atoms with Gasteiger partial charge in [-0.3, -0.25) is 4.98 Å². The van der Waals surface area contributed by atoms with Gasteiger partial charge in [-0.1, -0.05) is 29.7 Å². The molecule has 23 heavy (non-hydrogen) atoms. The number of hydrogen-bond acceptors (Lipinski definition) is 5. The third-order valence-electron chi connectivity index (χ3n) is 3.01. The SMILES string of the molecule is C#CCOc1nc2c(-c3ccc(Cl)cc3)c(C#N)nn2c(=O)[nH]1. The standard InChI is InChI=1S/C15H8ClN5O2/c1-2-7-23-14-18-13-12(9-3-5-10(16)6-4-9)11(8-17)20-21(13)15(22)19-14/h1,3-6H,7H2,(H,18,19,22). The Kier molecular flexibility index (Phi) is 3.71. The third-order valence-corrected chi connectivity index (χ3v) is 3.26. The molecule has 2 heterocycles. The Morgan fingerprint density at radius 2 is 2.13 bits per heavy atom. The van der Waals surface area contributed by atoms with Crippen LogP contribution in [0.5, 0.6) is 6.01 Å². The van der Waals surface area contributed by atoms with Gasteiger partial charge >= 0.3 is 11.7 Å². The van der Waals surface area contributed by atoms with Crippen molar-refractivity contribution in [3.05, 3.63) is 45.5 Å². The summed E-state index contributed by atoms with van der Waals surface area (Å²) in [5.41, 5.74) is 0.751. The Bertz CT molecular complexity index is 1020. The highest BCUT2D eigenvalue weighted by Gasteiger charge is 2.18. The molecule has 0 aliphatic carbocycles. The predicted octanol–water partition coefficient (Wildman–Crippen LogP) is 1.62. The number of ether oxygens (including phenoxy) is 1. The molecule has 0 spiro atoms. The van der Waals surface area contributed by atoms with Crippen molar-refractivity contribution in [3.8, 4) is 35.6 Å². The van der Waals surface area contributed by atoms with Crippen LogP contribution in [0, 0.1) is 23.7 Å². The maximum absolute atomic E-state index is 12.1. The van der Waals surface area contributed by atoms with Crippen molar-refractivity contribution in [1.29, 1.82) is 5.26 Å². The molecular formula is C15H8ClN5O2. The van der Waals surface area contributed by atoms with E-state index in [-0.39, 0.29) is 24.0 Å². The van der Waals surface area contributed by atoms with Gasteiger partial charge in [-0.25, -0.2) is 4.79 Å². The molecule has 0 saturated carbocycles. The first-order valence-corrected chi connectivity index (χ1v) is 6.77. The van der Waals surface area contributed by atoms with Gasteiger partial charge in [0, 0.05) is 5.02 Å². The lowest BCUT2D eigenvalue weighted by atomic mass is 10.1. The molecule has 0 radical (unpaired) electrons. The third kappa shape index (κ3) is 2.61. The Balaban J connectivity index is 2.29. The topological polar surface area (TPSA) is 96.1 Å². The average molecular weight is 326 g/mol. The monoisotopic (exact) mass is 325 g/mol. The van der Waals surface area contributed by atoms with Crippen LogP contribution in [0.15, 0.2) is 29.1 Å². The second-order valence-electron chi connectivity index (χ2n) is 4.42. The molecule has 3 aromatic rings. The van der Waals surface area contributed by atoms with Crippen LogP contribution in [0.3, 0.4) is 0 Å². The molecular weight excluding hydrogens is 318 g/mol. The van der Waals surface area contributed by atoms with Crippen molar-refractivity contribution in [3.63, 3.8) is 0 Å². The van der Waals surface area contributed by atoms with E-state index in [0.29, 0.717) is 16.1 Å². The fraction of sp³-hybridized carbons (Fsp3) is 0.0667. The van der Waals surface area contributed by atoms with Crippen LogP contribution in [0.2, 0.25) is 5.02 Å². The summed E-state index contributed by atoms with van der Waals surface area (Å²) < 4.78 is 6.15. The number of aromatic nitrogens is 4. The lowest BCUT2D eigenvalue weighted by molar-refractivity contribution is 0.337. The number of benzene rings is 1. The van der Waals surface area contributed by atoms with Crippen LogP contribution < -0.4 is 10.4 Å². The van der Waals surface area contributed by atoms with Gasteiger partial charge in [0.2, 0.25) is 0 Å². The van der Waals surface area contributed by atoms with Crippen molar-refractivity contribution in [1.82, 2.24) is 19.6 Å². The van der Waals surface area contributed by atoms with E-state index in [9.17, 15) is 10.1 Å². The van der Waals surface area contributed by atoms with Crippen LogP contribution in [0.1, 0.15) is 5.69 Å². The zero-order valence-electron chi connectivity index (χ0n) is 11.6. The first-order valence-electron chi connectivity index (χ1n) is 6.39. The Morgan fingerprint density at radius 1 is 1.39 bits per heavy atom. The summed E-state index contributed by atoms with van der Waals surface area (Å²) in [6.07, 6.45) is 5.12. The van der Waals surface area contributed by atoms with Gasteiger partial charge in [-0.2, -0.15) is 19.9 Å². The summed E-state index contributed by atoms with van der Waals surface area (Å²) in [6.45, 7) is -0.0470. The van der Waals surface area contributed by atoms with Crippen molar-refractivity contribution in [2.75, 3.05) is 6.61 Å². The summed E-state index contributed by atoms with van der Waals surface area (Å²) in [6, 6.07) is 8.68. The largest absolute Gasteiger partial charge is 0.451 e. The van der Waals surface area contributed by atoms with E-state index >= 15 is 0 Å². The number of fused-ring (bicyclic) bond motifs is 1. The second-order valence-corrected chi connectivity index (χ2v) is 4.85. The summed E-state index contributed by atoms with van der Waals surface area (Å²) in [5, 5.41) is 13.8. The maximum atomic E-state index is 12.1. The van der Waals surface area contributed by atoms with Gasteiger partial charge in [-0.05, 0) is 17.7 Å². The summed E-state index contributed by atoms with van der Waals surface area (Å²) in [7, 11) is 0. The number of terminal acetylenes is 1. The second kappa shape index (κ2) is 5.84. The Hall–Kier alpha value is -3.29. The molecule has 2 aromatic heterocycles. The van der Waals surface area contributed by atoms with Crippen molar-refractivity contribution in [2.24, 2.45) is 0 Å². The van der Waals surface area contributed by atoms with Crippen LogP contribution >= 0.6 is 11.6 Å². The molecule has 0 aliphatic rings. The van der Waals surface area contributed by atoms with Gasteiger partial charge < -0.3 is 4.74 Å². The van der Waals surface area contributed by atoms with Gasteiger partial charge in [0.15, 0.2) is 17.9 Å². The smallest absolute Gasteiger partial charge is 0.352 e. The minimum absolute atomic E-state index is 0.0416. The van der Waals surface area contributed by atoms with E-state index in [2.05, 4.69) is 21.0 Å². The lowest BCUT2D eigenvalue weighted by Gasteiger charge is -2.03. The first kappa shape index (κ1) is 14.6.